The highest BCUT2D eigenvalue weighted by Gasteiger charge is 2.16. The first-order valence-corrected chi connectivity index (χ1v) is 7.31. The summed E-state index contributed by atoms with van der Waals surface area (Å²) in [7, 11) is 1.75. The molecule has 1 N–H and O–H groups in total. The summed E-state index contributed by atoms with van der Waals surface area (Å²) in [6.45, 7) is 0. The first-order chi connectivity index (χ1) is 10.0. The molecule has 0 heterocycles. The molecule has 112 valence electrons. The van der Waals surface area contributed by atoms with Crippen LogP contribution >= 0.6 is 23.2 Å². The van der Waals surface area contributed by atoms with Gasteiger partial charge in [0.1, 0.15) is 11.6 Å². The lowest BCUT2D eigenvalue weighted by atomic mass is 9.98. The van der Waals surface area contributed by atoms with Crippen molar-refractivity contribution in [3.63, 3.8) is 0 Å². The number of hydrogen-bond donors (Lipinski definition) is 1. The number of nitrogens with one attached hydrogen (secondary N) is 1. The van der Waals surface area contributed by atoms with Crippen molar-refractivity contribution in [1.82, 2.24) is 5.32 Å². The lowest BCUT2D eigenvalue weighted by Gasteiger charge is -2.18. The largest absolute Gasteiger partial charge is 0.316 e. The van der Waals surface area contributed by atoms with Crippen molar-refractivity contribution >= 4 is 23.2 Å². The molecule has 0 saturated carbocycles. The zero-order valence-corrected chi connectivity index (χ0v) is 13.0. The van der Waals surface area contributed by atoms with Gasteiger partial charge in [-0.1, -0.05) is 41.4 Å². The Morgan fingerprint density at radius 1 is 1.00 bits per heavy atom. The van der Waals surface area contributed by atoms with Gasteiger partial charge in [-0.05, 0) is 43.7 Å². The standard InChI is InChI=1S/C16H15Cl2F2N/c1-21-11(8-10-4-2-6-14(18)16(10)20)9-12-13(17)5-3-7-15(12)19/h2-7,11,21H,8-9H2,1H3. The van der Waals surface area contributed by atoms with E-state index in [2.05, 4.69) is 5.32 Å². The summed E-state index contributed by atoms with van der Waals surface area (Å²) < 4.78 is 27.8. The molecule has 1 nitrogen and oxygen atoms in total. The molecule has 0 radical (unpaired) electrons. The quantitative estimate of drug-likeness (QED) is 0.842. The van der Waals surface area contributed by atoms with Crippen molar-refractivity contribution < 1.29 is 8.78 Å². The van der Waals surface area contributed by atoms with Crippen LogP contribution in [0.5, 0.6) is 0 Å². The fraction of sp³-hybridized carbons (Fsp3) is 0.250. The third kappa shape index (κ3) is 3.94. The summed E-state index contributed by atoms with van der Waals surface area (Å²) in [5.41, 5.74) is 0.926. The van der Waals surface area contributed by atoms with E-state index < -0.39 is 5.82 Å². The second-order valence-corrected chi connectivity index (χ2v) is 5.62. The van der Waals surface area contributed by atoms with E-state index in [1.807, 2.05) is 0 Å². The summed E-state index contributed by atoms with van der Waals surface area (Å²) in [5.74, 6) is -0.784. The highest BCUT2D eigenvalue weighted by molar-refractivity contribution is 6.31. The van der Waals surface area contributed by atoms with Gasteiger partial charge in [0.05, 0.1) is 5.02 Å². The van der Waals surface area contributed by atoms with E-state index in [9.17, 15) is 8.78 Å². The highest BCUT2D eigenvalue weighted by atomic mass is 35.5. The molecule has 0 saturated heterocycles. The minimum Gasteiger partial charge on any atom is -0.316 e. The average molecular weight is 330 g/mol. The summed E-state index contributed by atoms with van der Waals surface area (Å²) in [6, 6.07) is 9.31. The van der Waals surface area contributed by atoms with Crippen LogP contribution in [-0.2, 0) is 12.8 Å². The van der Waals surface area contributed by atoms with Gasteiger partial charge < -0.3 is 5.32 Å². The van der Waals surface area contributed by atoms with Gasteiger partial charge >= 0.3 is 0 Å². The topological polar surface area (TPSA) is 12.0 Å². The number of hydrogen-bond acceptors (Lipinski definition) is 1. The number of benzene rings is 2. The maximum Gasteiger partial charge on any atom is 0.145 e. The fourth-order valence-corrected chi connectivity index (χ4v) is 2.66. The van der Waals surface area contributed by atoms with E-state index in [0.717, 1.165) is 0 Å². The Hall–Kier alpha value is -1.16. The van der Waals surface area contributed by atoms with Crippen LogP contribution in [0.1, 0.15) is 11.1 Å². The van der Waals surface area contributed by atoms with Crippen molar-refractivity contribution in [2.45, 2.75) is 18.9 Å². The van der Waals surface area contributed by atoms with Gasteiger partial charge in [-0.2, -0.15) is 0 Å². The zero-order chi connectivity index (χ0) is 15.4. The maximum absolute atomic E-state index is 13.9. The molecule has 2 rings (SSSR count). The van der Waals surface area contributed by atoms with Crippen LogP contribution in [-0.4, -0.2) is 13.1 Å². The van der Waals surface area contributed by atoms with Gasteiger partial charge in [0.15, 0.2) is 0 Å². The van der Waals surface area contributed by atoms with Gasteiger partial charge in [0.2, 0.25) is 0 Å². The van der Waals surface area contributed by atoms with Gasteiger partial charge in [0, 0.05) is 16.6 Å². The van der Waals surface area contributed by atoms with Crippen molar-refractivity contribution in [1.29, 1.82) is 0 Å². The van der Waals surface area contributed by atoms with E-state index in [4.69, 9.17) is 23.2 Å². The first kappa shape index (κ1) is 16.2. The minimum atomic E-state index is -0.431. The van der Waals surface area contributed by atoms with Crippen LogP contribution in [0, 0.1) is 11.6 Å². The Morgan fingerprint density at radius 3 is 2.33 bits per heavy atom. The molecule has 0 spiro atoms. The molecule has 0 bridgehead atoms. The first-order valence-electron chi connectivity index (χ1n) is 6.56. The van der Waals surface area contributed by atoms with Crippen LogP contribution in [0.3, 0.4) is 0 Å². The molecule has 0 fully saturated rings. The SMILES string of the molecule is CNC(Cc1cccc(Cl)c1F)Cc1c(F)cccc1Cl. The van der Waals surface area contributed by atoms with Crippen molar-refractivity contribution in [3.8, 4) is 0 Å². The summed E-state index contributed by atoms with van der Waals surface area (Å²) in [6.07, 6.45) is 0.765. The van der Waals surface area contributed by atoms with Crippen LogP contribution in [0.25, 0.3) is 0 Å². The monoisotopic (exact) mass is 329 g/mol. The highest BCUT2D eigenvalue weighted by Crippen LogP contribution is 2.23. The molecule has 0 aliphatic heterocycles. The molecule has 2 aromatic rings. The van der Waals surface area contributed by atoms with Gasteiger partial charge in [-0.25, -0.2) is 8.78 Å². The second kappa shape index (κ2) is 7.21. The average Bonchev–Trinajstić information content (AvgIpc) is 2.46. The summed E-state index contributed by atoms with van der Waals surface area (Å²) in [5, 5.41) is 3.53. The molecule has 5 heteroatoms. The van der Waals surface area contributed by atoms with E-state index in [1.165, 1.54) is 12.1 Å². The maximum atomic E-state index is 13.9. The molecule has 0 aliphatic rings. The predicted octanol–water partition coefficient (Wildman–Crippen LogP) is 4.64. The lowest BCUT2D eigenvalue weighted by molar-refractivity contribution is 0.517. The molecule has 0 aliphatic carbocycles. The van der Waals surface area contributed by atoms with E-state index >= 15 is 0 Å². The van der Waals surface area contributed by atoms with Crippen LogP contribution in [0.2, 0.25) is 10.0 Å². The molecule has 0 aromatic heterocycles. The number of halogens is 4. The Bertz CT molecular complexity index is 611. The predicted molar refractivity (Wildman–Crippen MR) is 83.1 cm³/mol. The van der Waals surface area contributed by atoms with Gasteiger partial charge in [-0.3, -0.25) is 0 Å². The molecule has 1 atom stereocenters. The Morgan fingerprint density at radius 2 is 1.67 bits per heavy atom. The molecular weight excluding hydrogens is 315 g/mol. The molecule has 0 amide bonds. The second-order valence-electron chi connectivity index (χ2n) is 4.81. The Kier molecular flexibility index (Phi) is 5.57. The molecule has 2 aromatic carbocycles. The van der Waals surface area contributed by atoms with Crippen LogP contribution in [0.4, 0.5) is 8.78 Å². The zero-order valence-electron chi connectivity index (χ0n) is 11.5. The number of rotatable bonds is 5. The third-order valence-corrected chi connectivity index (χ3v) is 4.06. The molecule has 21 heavy (non-hydrogen) atoms. The van der Waals surface area contributed by atoms with Crippen LogP contribution in [0.15, 0.2) is 36.4 Å². The lowest BCUT2D eigenvalue weighted by Crippen LogP contribution is -2.30. The smallest absolute Gasteiger partial charge is 0.145 e. The van der Waals surface area contributed by atoms with Crippen molar-refractivity contribution in [3.05, 3.63) is 69.2 Å². The molecular formula is C16H15Cl2F2N. The van der Waals surface area contributed by atoms with E-state index in [0.29, 0.717) is 29.0 Å². The number of likely N-dealkylation sites (N-methyl/N-ethyl adjacent to an activating group) is 1. The van der Waals surface area contributed by atoms with Crippen LogP contribution < -0.4 is 5.32 Å². The normalized spacial score (nSPS) is 12.4. The van der Waals surface area contributed by atoms with E-state index in [-0.39, 0.29) is 16.9 Å². The summed E-state index contributed by atoms with van der Waals surface area (Å²) in [4.78, 5) is 0. The van der Waals surface area contributed by atoms with E-state index in [1.54, 1.807) is 31.3 Å². The third-order valence-electron chi connectivity index (χ3n) is 3.42. The summed E-state index contributed by atoms with van der Waals surface area (Å²) >= 11 is 11.8. The van der Waals surface area contributed by atoms with Crippen molar-refractivity contribution in [2.24, 2.45) is 0 Å². The Labute approximate surface area is 132 Å². The molecule has 1 unspecified atom stereocenters. The Balaban J connectivity index is 2.19. The fourth-order valence-electron chi connectivity index (χ4n) is 2.22. The van der Waals surface area contributed by atoms with Crippen molar-refractivity contribution in [2.75, 3.05) is 7.05 Å². The van der Waals surface area contributed by atoms with Gasteiger partial charge in [0.25, 0.3) is 0 Å². The minimum absolute atomic E-state index is 0.0891. The van der Waals surface area contributed by atoms with Gasteiger partial charge in [-0.15, -0.1) is 0 Å².